The third-order valence-corrected chi connectivity index (χ3v) is 4.89. The van der Waals surface area contributed by atoms with Gasteiger partial charge in [-0.05, 0) is 38.0 Å². The highest BCUT2D eigenvalue weighted by Gasteiger charge is 2.17. The summed E-state index contributed by atoms with van der Waals surface area (Å²) in [5.74, 6) is 0.0678. The summed E-state index contributed by atoms with van der Waals surface area (Å²) in [4.78, 5) is 19.1. The molecule has 1 unspecified atom stereocenters. The van der Waals surface area contributed by atoms with E-state index in [1.807, 2.05) is 26.8 Å². The number of carbonyl (C=O) groups excluding carboxylic acids is 1. The van der Waals surface area contributed by atoms with Gasteiger partial charge >= 0.3 is 0 Å². The summed E-state index contributed by atoms with van der Waals surface area (Å²) in [7, 11) is 0. The minimum absolute atomic E-state index is 0.0380. The summed E-state index contributed by atoms with van der Waals surface area (Å²) in [6, 6.07) is 5.87. The van der Waals surface area contributed by atoms with Crippen molar-refractivity contribution in [3.8, 4) is 0 Å². The van der Waals surface area contributed by atoms with Crippen LogP contribution in [0.2, 0.25) is 0 Å². The Bertz CT molecular complexity index is 851. The number of nitrogens with one attached hydrogen (secondary N) is 1. The van der Waals surface area contributed by atoms with E-state index >= 15 is 0 Å². The first-order valence-corrected chi connectivity index (χ1v) is 8.40. The van der Waals surface area contributed by atoms with Crippen molar-refractivity contribution >= 4 is 28.3 Å². The highest BCUT2D eigenvalue weighted by molar-refractivity contribution is 7.12. The molecule has 0 spiro atoms. The van der Waals surface area contributed by atoms with Crippen LogP contribution in [-0.4, -0.2) is 16.0 Å². The predicted molar refractivity (Wildman–Crippen MR) is 90.8 cm³/mol. The van der Waals surface area contributed by atoms with Gasteiger partial charge in [0, 0.05) is 16.0 Å². The number of amides is 1. The van der Waals surface area contributed by atoms with Crippen molar-refractivity contribution < 1.29 is 9.32 Å². The summed E-state index contributed by atoms with van der Waals surface area (Å²) in [5, 5.41) is 7.85. The first-order chi connectivity index (χ1) is 11.0. The molecule has 0 aromatic carbocycles. The summed E-state index contributed by atoms with van der Waals surface area (Å²) in [6.45, 7) is 8.10. The molecule has 120 valence electrons. The highest BCUT2D eigenvalue weighted by Crippen LogP contribution is 2.25. The van der Waals surface area contributed by atoms with Crippen LogP contribution in [0, 0.1) is 6.92 Å². The van der Waals surface area contributed by atoms with E-state index in [9.17, 15) is 4.79 Å². The minimum Gasteiger partial charge on any atom is -0.345 e. The number of pyridine rings is 1. The van der Waals surface area contributed by atoms with Gasteiger partial charge in [-0.15, -0.1) is 11.3 Å². The van der Waals surface area contributed by atoms with Crippen LogP contribution >= 0.6 is 11.3 Å². The summed E-state index contributed by atoms with van der Waals surface area (Å²) in [5.41, 5.74) is 1.80. The molecule has 0 radical (unpaired) electrons. The number of nitrogens with zero attached hydrogens (tertiary/aromatic N) is 2. The fourth-order valence-corrected chi connectivity index (χ4v) is 3.31. The normalized spacial score (nSPS) is 12.7. The van der Waals surface area contributed by atoms with Crippen molar-refractivity contribution in [2.45, 2.75) is 39.7 Å². The molecular weight excluding hydrogens is 310 g/mol. The van der Waals surface area contributed by atoms with Crippen LogP contribution in [0.15, 0.2) is 28.9 Å². The van der Waals surface area contributed by atoms with Crippen LogP contribution in [0.25, 0.3) is 11.1 Å². The van der Waals surface area contributed by atoms with Crippen molar-refractivity contribution in [1.82, 2.24) is 15.5 Å². The topological polar surface area (TPSA) is 68.0 Å². The van der Waals surface area contributed by atoms with E-state index in [-0.39, 0.29) is 17.9 Å². The maximum atomic E-state index is 12.5. The maximum absolute atomic E-state index is 12.5. The number of thiophene rings is 1. The first kappa shape index (κ1) is 15.7. The van der Waals surface area contributed by atoms with Crippen LogP contribution < -0.4 is 5.32 Å². The third-order valence-electron chi connectivity index (χ3n) is 3.70. The number of hydrogen-bond donors (Lipinski definition) is 1. The molecule has 0 aliphatic heterocycles. The van der Waals surface area contributed by atoms with Gasteiger partial charge in [-0.3, -0.25) is 4.79 Å². The van der Waals surface area contributed by atoms with Crippen LogP contribution in [0.3, 0.4) is 0 Å². The van der Waals surface area contributed by atoms with Crippen LogP contribution in [0.5, 0.6) is 0 Å². The SMILES string of the molecule is Cc1ccc(C(C)NC(=O)c2cnc3onc(C(C)C)c3c2)s1. The maximum Gasteiger partial charge on any atom is 0.257 e. The second-order valence-corrected chi connectivity index (χ2v) is 7.26. The summed E-state index contributed by atoms with van der Waals surface area (Å²) >= 11 is 1.69. The van der Waals surface area contributed by atoms with Gasteiger partial charge in [0.2, 0.25) is 0 Å². The van der Waals surface area contributed by atoms with E-state index < -0.39 is 0 Å². The number of fused-ring (bicyclic) bond motifs is 1. The number of carbonyl (C=O) groups is 1. The van der Waals surface area contributed by atoms with E-state index in [4.69, 9.17) is 4.52 Å². The average molecular weight is 329 g/mol. The van der Waals surface area contributed by atoms with Crippen molar-refractivity contribution in [2.24, 2.45) is 0 Å². The Labute approximate surface area is 138 Å². The Morgan fingerprint density at radius 3 is 2.74 bits per heavy atom. The second kappa shape index (κ2) is 6.12. The van der Waals surface area contributed by atoms with E-state index in [1.54, 1.807) is 17.4 Å². The molecule has 3 heterocycles. The number of rotatable bonds is 4. The number of aryl methyl sites for hydroxylation is 1. The molecule has 0 aliphatic rings. The zero-order valence-electron chi connectivity index (χ0n) is 13.6. The summed E-state index contributed by atoms with van der Waals surface area (Å²) in [6.07, 6.45) is 1.53. The molecule has 1 N–H and O–H groups in total. The molecule has 0 saturated carbocycles. The van der Waals surface area contributed by atoms with Crippen LogP contribution in [0.1, 0.15) is 58.5 Å². The van der Waals surface area contributed by atoms with Gasteiger partial charge in [0.1, 0.15) is 0 Å². The van der Waals surface area contributed by atoms with Gasteiger partial charge in [-0.25, -0.2) is 4.98 Å². The molecule has 6 heteroatoms. The van der Waals surface area contributed by atoms with Crippen molar-refractivity contribution in [1.29, 1.82) is 0 Å². The zero-order valence-corrected chi connectivity index (χ0v) is 14.4. The molecular formula is C17H19N3O2S. The summed E-state index contributed by atoms with van der Waals surface area (Å²) < 4.78 is 5.21. The molecule has 0 saturated heterocycles. The first-order valence-electron chi connectivity index (χ1n) is 7.58. The van der Waals surface area contributed by atoms with Gasteiger partial charge in [0.15, 0.2) is 0 Å². The van der Waals surface area contributed by atoms with Crippen molar-refractivity contribution in [3.05, 3.63) is 45.4 Å². The lowest BCUT2D eigenvalue weighted by atomic mass is 10.1. The Kier molecular flexibility index (Phi) is 4.17. The zero-order chi connectivity index (χ0) is 16.6. The van der Waals surface area contributed by atoms with E-state index in [2.05, 4.69) is 28.4 Å². The fraction of sp³-hybridized carbons (Fsp3) is 0.353. The molecule has 3 aromatic rings. The lowest BCUT2D eigenvalue weighted by molar-refractivity contribution is 0.0940. The highest BCUT2D eigenvalue weighted by atomic mass is 32.1. The Morgan fingerprint density at radius 2 is 2.09 bits per heavy atom. The lowest BCUT2D eigenvalue weighted by Gasteiger charge is -2.12. The molecule has 3 aromatic heterocycles. The van der Waals surface area contributed by atoms with Gasteiger partial charge in [-0.2, -0.15) is 0 Å². The monoisotopic (exact) mass is 329 g/mol. The molecule has 0 bridgehead atoms. The van der Waals surface area contributed by atoms with Crippen LogP contribution in [-0.2, 0) is 0 Å². The Balaban J connectivity index is 1.84. The smallest absolute Gasteiger partial charge is 0.257 e. The van der Waals surface area contributed by atoms with E-state index in [1.165, 1.54) is 11.1 Å². The second-order valence-electron chi connectivity index (χ2n) is 5.94. The predicted octanol–water partition coefficient (Wildman–Crippen LogP) is 4.21. The van der Waals surface area contributed by atoms with Crippen LogP contribution in [0.4, 0.5) is 0 Å². The Morgan fingerprint density at radius 1 is 1.30 bits per heavy atom. The minimum atomic E-state index is -0.145. The molecule has 0 aliphatic carbocycles. The Hall–Kier alpha value is -2.21. The fourth-order valence-electron chi connectivity index (χ4n) is 2.43. The number of hydrogen-bond acceptors (Lipinski definition) is 5. The van der Waals surface area contributed by atoms with E-state index in [0.29, 0.717) is 11.3 Å². The molecule has 0 fully saturated rings. The average Bonchev–Trinajstić information content (AvgIpc) is 3.12. The standard InChI is InChI=1S/C17H19N3O2S/c1-9(2)15-13-7-12(8-18-17(13)22-20-15)16(21)19-11(4)14-6-5-10(3)23-14/h5-9,11H,1-4H3,(H,19,21). The number of aromatic nitrogens is 2. The quantitative estimate of drug-likeness (QED) is 0.778. The molecule has 23 heavy (non-hydrogen) atoms. The molecule has 1 amide bonds. The van der Waals surface area contributed by atoms with Crippen molar-refractivity contribution in [2.75, 3.05) is 0 Å². The van der Waals surface area contributed by atoms with Gasteiger partial charge in [-0.1, -0.05) is 19.0 Å². The molecule has 3 rings (SSSR count). The molecule has 5 nitrogen and oxygen atoms in total. The third kappa shape index (κ3) is 3.12. The van der Waals surface area contributed by atoms with Gasteiger partial charge in [0.25, 0.3) is 11.6 Å². The van der Waals surface area contributed by atoms with Crippen molar-refractivity contribution in [3.63, 3.8) is 0 Å². The lowest BCUT2D eigenvalue weighted by Crippen LogP contribution is -2.26. The largest absolute Gasteiger partial charge is 0.345 e. The molecule has 1 atom stereocenters. The van der Waals surface area contributed by atoms with E-state index in [0.717, 1.165) is 16.0 Å². The van der Waals surface area contributed by atoms with Gasteiger partial charge in [0.05, 0.1) is 22.7 Å². The van der Waals surface area contributed by atoms with Gasteiger partial charge < -0.3 is 9.84 Å².